The van der Waals surface area contributed by atoms with Gasteiger partial charge in [-0.3, -0.25) is 4.79 Å². The normalized spacial score (nSPS) is 11.7. The second-order valence-electron chi connectivity index (χ2n) is 5.41. The average molecular weight is 351 g/mol. The Hall–Kier alpha value is -2.86. The highest BCUT2D eigenvalue weighted by atomic mass is 32.2. The first kappa shape index (κ1) is 17.0. The lowest BCUT2D eigenvalue weighted by Crippen LogP contribution is -2.22. The SMILES string of the molecule is C[C@H](Sc1cc(-c2ccccc2)ncn1)C(=O)Nc1cccc(O)c1. The van der Waals surface area contributed by atoms with Gasteiger partial charge < -0.3 is 10.4 Å². The predicted octanol–water partition coefficient (Wildman–Crippen LogP) is 3.97. The van der Waals surface area contributed by atoms with Crippen molar-refractivity contribution in [2.24, 2.45) is 0 Å². The number of aromatic hydroxyl groups is 1. The van der Waals surface area contributed by atoms with E-state index in [-0.39, 0.29) is 16.9 Å². The minimum Gasteiger partial charge on any atom is -0.508 e. The number of benzene rings is 2. The van der Waals surface area contributed by atoms with Crippen molar-refractivity contribution in [3.05, 3.63) is 67.0 Å². The Morgan fingerprint density at radius 2 is 1.88 bits per heavy atom. The van der Waals surface area contributed by atoms with Crippen molar-refractivity contribution in [3.63, 3.8) is 0 Å². The van der Waals surface area contributed by atoms with Crippen LogP contribution in [0.15, 0.2) is 72.0 Å². The average Bonchev–Trinajstić information content (AvgIpc) is 2.62. The number of nitrogens with zero attached hydrogens (tertiary/aromatic N) is 2. The van der Waals surface area contributed by atoms with Crippen LogP contribution in [-0.2, 0) is 4.79 Å². The van der Waals surface area contributed by atoms with Crippen LogP contribution in [0.25, 0.3) is 11.3 Å². The first-order valence-electron chi connectivity index (χ1n) is 7.76. The Kier molecular flexibility index (Phi) is 5.30. The summed E-state index contributed by atoms with van der Waals surface area (Å²) in [5.74, 6) is -0.0446. The van der Waals surface area contributed by atoms with Crippen LogP contribution in [0.1, 0.15) is 6.92 Å². The van der Waals surface area contributed by atoms with Crippen LogP contribution in [0, 0.1) is 0 Å². The molecule has 5 nitrogen and oxygen atoms in total. The van der Waals surface area contributed by atoms with Crippen LogP contribution in [0.4, 0.5) is 5.69 Å². The number of nitrogens with one attached hydrogen (secondary N) is 1. The van der Waals surface area contributed by atoms with E-state index >= 15 is 0 Å². The third-order valence-corrected chi connectivity index (χ3v) is 4.52. The third-order valence-electron chi connectivity index (χ3n) is 3.49. The molecule has 1 heterocycles. The third kappa shape index (κ3) is 4.58. The molecular weight excluding hydrogens is 334 g/mol. The number of aromatic nitrogens is 2. The van der Waals surface area contributed by atoms with Crippen molar-refractivity contribution < 1.29 is 9.90 Å². The monoisotopic (exact) mass is 351 g/mol. The van der Waals surface area contributed by atoms with E-state index < -0.39 is 0 Å². The van der Waals surface area contributed by atoms with E-state index in [1.165, 1.54) is 24.2 Å². The Morgan fingerprint density at radius 3 is 2.64 bits per heavy atom. The van der Waals surface area contributed by atoms with Gasteiger partial charge in [-0.15, -0.1) is 0 Å². The molecule has 1 amide bonds. The molecule has 2 N–H and O–H groups in total. The number of amides is 1. The number of anilines is 1. The summed E-state index contributed by atoms with van der Waals surface area (Å²) in [6.45, 7) is 1.81. The van der Waals surface area contributed by atoms with Crippen LogP contribution in [0.2, 0.25) is 0 Å². The molecule has 0 aliphatic rings. The van der Waals surface area contributed by atoms with Gasteiger partial charge in [0.1, 0.15) is 17.1 Å². The molecule has 2 aromatic carbocycles. The van der Waals surface area contributed by atoms with Crippen molar-refractivity contribution in [1.29, 1.82) is 0 Å². The highest BCUT2D eigenvalue weighted by molar-refractivity contribution is 8.00. The summed E-state index contributed by atoms with van der Waals surface area (Å²) < 4.78 is 0. The second kappa shape index (κ2) is 7.81. The molecule has 0 spiro atoms. The zero-order valence-electron chi connectivity index (χ0n) is 13.6. The van der Waals surface area contributed by atoms with Gasteiger partial charge in [0.25, 0.3) is 0 Å². The van der Waals surface area contributed by atoms with Crippen molar-refractivity contribution in [2.45, 2.75) is 17.2 Å². The molecule has 1 atom stereocenters. The largest absolute Gasteiger partial charge is 0.508 e. The predicted molar refractivity (Wildman–Crippen MR) is 99.5 cm³/mol. The van der Waals surface area contributed by atoms with Crippen LogP contribution in [0.3, 0.4) is 0 Å². The van der Waals surface area contributed by atoms with Crippen molar-refractivity contribution in [3.8, 4) is 17.0 Å². The highest BCUT2D eigenvalue weighted by Crippen LogP contribution is 2.26. The van der Waals surface area contributed by atoms with Crippen LogP contribution in [0.5, 0.6) is 5.75 Å². The molecule has 0 radical (unpaired) electrons. The molecule has 3 aromatic rings. The maximum absolute atomic E-state index is 12.3. The zero-order chi connectivity index (χ0) is 17.6. The lowest BCUT2D eigenvalue weighted by molar-refractivity contribution is -0.115. The smallest absolute Gasteiger partial charge is 0.237 e. The lowest BCUT2D eigenvalue weighted by atomic mass is 10.1. The van der Waals surface area contributed by atoms with Gasteiger partial charge in [0, 0.05) is 17.3 Å². The highest BCUT2D eigenvalue weighted by Gasteiger charge is 2.16. The van der Waals surface area contributed by atoms with Gasteiger partial charge in [-0.2, -0.15) is 0 Å². The van der Waals surface area contributed by atoms with Crippen molar-refractivity contribution in [2.75, 3.05) is 5.32 Å². The second-order valence-corrected chi connectivity index (χ2v) is 6.77. The summed E-state index contributed by atoms with van der Waals surface area (Å²) in [6, 6.07) is 18.2. The summed E-state index contributed by atoms with van der Waals surface area (Å²) in [6.07, 6.45) is 1.50. The fourth-order valence-corrected chi connectivity index (χ4v) is 3.05. The van der Waals surface area contributed by atoms with Gasteiger partial charge in [0.15, 0.2) is 0 Å². The van der Waals surface area contributed by atoms with Crippen molar-refractivity contribution >= 4 is 23.4 Å². The van der Waals surface area contributed by atoms with Gasteiger partial charge >= 0.3 is 0 Å². The summed E-state index contributed by atoms with van der Waals surface area (Å²) >= 11 is 1.36. The first-order valence-corrected chi connectivity index (χ1v) is 8.64. The van der Waals surface area contributed by atoms with Gasteiger partial charge in [-0.05, 0) is 25.1 Å². The molecule has 0 aliphatic heterocycles. The number of hydrogen-bond acceptors (Lipinski definition) is 5. The standard InChI is InChI=1S/C19H17N3O2S/c1-13(19(24)22-15-8-5-9-16(23)10-15)25-18-11-17(20-12-21-18)14-6-3-2-4-7-14/h2-13,23H,1H3,(H,22,24)/t13-/m0/s1. The first-order chi connectivity index (χ1) is 12.1. The Morgan fingerprint density at radius 1 is 1.08 bits per heavy atom. The molecule has 0 saturated heterocycles. The zero-order valence-corrected chi connectivity index (χ0v) is 14.4. The molecule has 0 unspecified atom stereocenters. The van der Waals surface area contributed by atoms with E-state index in [2.05, 4.69) is 15.3 Å². The molecule has 126 valence electrons. The number of carbonyl (C=O) groups is 1. The van der Waals surface area contributed by atoms with Crippen LogP contribution < -0.4 is 5.32 Å². The Labute approximate surface area is 150 Å². The summed E-state index contributed by atoms with van der Waals surface area (Å²) in [7, 11) is 0. The number of carbonyl (C=O) groups excluding carboxylic acids is 1. The van der Waals surface area contributed by atoms with Gasteiger partial charge in [-0.25, -0.2) is 9.97 Å². The molecule has 0 fully saturated rings. The van der Waals surface area contributed by atoms with E-state index in [0.717, 1.165) is 16.3 Å². The Bertz CT molecular complexity index is 871. The lowest BCUT2D eigenvalue weighted by Gasteiger charge is -2.12. The van der Waals surface area contributed by atoms with Gasteiger partial charge in [0.2, 0.25) is 5.91 Å². The molecule has 6 heteroatoms. The molecule has 0 bridgehead atoms. The van der Waals surface area contributed by atoms with E-state index in [9.17, 15) is 9.90 Å². The van der Waals surface area contributed by atoms with Crippen molar-refractivity contribution in [1.82, 2.24) is 9.97 Å². The minimum atomic E-state index is -0.346. The molecular formula is C19H17N3O2S. The molecule has 0 aliphatic carbocycles. The van der Waals surface area contributed by atoms with E-state index in [1.54, 1.807) is 18.2 Å². The number of phenols is 1. The van der Waals surface area contributed by atoms with Gasteiger partial charge in [-0.1, -0.05) is 48.2 Å². The Balaban J connectivity index is 1.68. The van der Waals surface area contributed by atoms with E-state index in [1.807, 2.05) is 43.3 Å². The molecule has 0 saturated carbocycles. The number of phenolic OH excluding ortho intramolecular Hbond substituents is 1. The quantitative estimate of drug-likeness (QED) is 0.537. The molecule has 25 heavy (non-hydrogen) atoms. The fraction of sp³-hybridized carbons (Fsp3) is 0.105. The van der Waals surface area contributed by atoms with Crippen LogP contribution in [-0.4, -0.2) is 26.2 Å². The maximum atomic E-state index is 12.3. The fourth-order valence-electron chi connectivity index (χ4n) is 2.23. The summed E-state index contributed by atoms with van der Waals surface area (Å²) in [5.41, 5.74) is 2.38. The summed E-state index contributed by atoms with van der Waals surface area (Å²) in [5, 5.41) is 12.6. The minimum absolute atomic E-state index is 0.112. The number of hydrogen-bond donors (Lipinski definition) is 2. The molecule has 1 aromatic heterocycles. The van der Waals surface area contributed by atoms with Gasteiger partial charge in [0.05, 0.1) is 10.9 Å². The van der Waals surface area contributed by atoms with E-state index in [4.69, 9.17) is 0 Å². The van der Waals surface area contributed by atoms with E-state index in [0.29, 0.717) is 5.69 Å². The molecule has 3 rings (SSSR count). The number of thioether (sulfide) groups is 1. The maximum Gasteiger partial charge on any atom is 0.237 e. The van der Waals surface area contributed by atoms with Crippen LogP contribution >= 0.6 is 11.8 Å². The summed E-state index contributed by atoms with van der Waals surface area (Å²) in [4.78, 5) is 20.9. The topological polar surface area (TPSA) is 75.1 Å². The number of rotatable bonds is 5.